The lowest BCUT2D eigenvalue weighted by Crippen LogP contribution is -2.33. The first-order valence-electron chi connectivity index (χ1n) is 14.8. The van der Waals surface area contributed by atoms with Crippen LogP contribution in [0.5, 0.6) is 0 Å². The lowest BCUT2D eigenvalue weighted by atomic mass is 9.65. The third-order valence-corrected chi connectivity index (χ3v) is 10.1. The van der Waals surface area contributed by atoms with E-state index in [-0.39, 0.29) is 0 Å². The second-order valence-corrected chi connectivity index (χ2v) is 12.3. The summed E-state index contributed by atoms with van der Waals surface area (Å²) in [6.07, 6.45) is 9.22. The standard InChI is InChI=1S/C41H28N2S/c1-3-4-23-36-27(2)39(28-15-6-5-7-16-28)43-40(42-36)29-17-14-19-31-30-18-8-9-20-32(30)41(35(31)26-29)33-21-10-12-24-37(33)44-38-25-13-11-22-34(38)41/h5-25H,1,26H2,2H3. The number of benzene rings is 4. The van der Waals surface area contributed by atoms with Gasteiger partial charge in [0, 0.05) is 32.6 Å². The van der Waals surface area contributed by atoms with Crippen LogP contribution in [0.1, 0.15) is 45.8 Å². The predicted octanol–water partition coefficient (Wildman–Crippen LogP) is 10.0. The van der Waals surface area contributed by atoms with E-state index in [2.05, 4.69) is 140 Å². The molecule has 0 fully saturated rings. The molecule has 0 radical (unpaired) electrons. The van der Waals surface area contributed by atoms with Crippen LogP contribution in [0, 0.1) is 6.92 Å². The van der Waals surface area contributed by atoms with Crippen LogP contribution in [0.3, 0.4) is 0 Å². The third kappa shape index (κ3) is 3.92. The normalized spacial score (nSPS) is 15.2. The van der Waals surface area contributed by atoms with Crippen molar-refractivity contribution in [2.24, 2.45) is 0 Å². The Bertz CT molecular complexity index is 2120. The summed E-state index contributed by atoms with van der Waals surface area (Å²) in [7, 11) is 0. The van der Waals surface area contributed by atoms with Crippen LogP contribution in [-0.4, -0.2) is 9.97 Å². The van der Waals surface area contributed by atoms with Crippen LogP contribution in [-0.2, 0) is 5.41 Å². The number of rotatable bonds is 3. The van der Waals surface area contributed by atoms with E-state index in [4.69, 9.17) is 9.97 Å². The largest absolute Gasteiger partial charge is 0.228 e. The molecule has 5 aromatic rings. The Labute approximate surface area is 262 Å². The fraction of sp³-hybridized carbons (Fsp3) is 0.0732. The van der Waals surface area contributed by atoms with Gasteiger partial charge in [-0.15, -0.1) is 0 Å². The fourth-order valence-electron chi connectivity index (χ4n) is 7.08. The number of hydrogen-bond acceptors (Lipinski definition) is 3. The third-order valence-electron chi connectivity index (χ3n) is 8.96. The Hall–Kier alpha value is -5.17. The predicted molar refractivity (Wildman–Crippen MR) is 181 cm³/mol. The Kier molecular flexibility index (Phi) is 6.33. The summed E-state index contributed by atoms with van der Waals surface area (Å²) >= 11 is 1.87. The second kappa shape index (κ2) is 10.5. The molecule has 0 atom stereocenters. The summed E-state index contributed by atoms with van der Waals surface area (Å²) in [5.41, 5.74) is 18.2. The van der Waals surface area contributed by atoms with Gasteiger partial charge < -0.3 is 0 Å². The average Bonchev–Trinajstić information content (AvgIpc) is 3.18. The van der Waals surface area contributed by atoms with E-state index in [9.17, 15) is 0 Å². The summed E-state index contributed by atoms with van der Waals surface area (Å²) in [6, 6.07) is 37.1. The molecule has 0 amide bonds. The van der Waals surface area contributed by atoms with Crippen molar-refractivity contribution in [2.45, 2.75) is 28.6 Å². The first-order valence-corrected chi connectivity index (χ1v) is 15.6. The Balaban J connectivity index is 1.38. The molecule has 1 aromatic heterocycles. The monoisotopic (exact) mass is 580 g/mol. The Morgan fingerprint density at radius 2 is 1.45 bits per heavy atom. The van der Waals surface area contributed by atoms with Gasteiger partial charge in [0.15, 0.2) is 5.82 Å². The molecule has 0 unspecified atom stereocenters. The van der Waals surface area contributed by atoms with Gasteiger partial charge in [0.1, 0.15) is 0 Å². The van der Waals surface area contributed by atoms with Gasteiger partial charge in [-0.05, 0) is 65.5 Å². The molecule has 0 bridgehead atoms. The molecule has 2 nitrogen and oxygen atoms in total. The Morgan fingerprint density at radius 1 is 0.795 bits per heavy atom. The van der Waals surface area contributed by atoms with E-state index in [0.717, 1.165) is 33.9 Å². The highest BCUT2D eigenvalue weighted by atomic mass is 32.2. The van der Waals surface area contributed by atoms with E-state index in [0.29, 0.717) is 6.42 Å². The number of hydrogen-bond donors (Lipinski definition) is 0. The minimum atomic E-state index is -0.417. The maximum absolute atomic E-state index is 5.24. The van der Waals surface area contributed by atoms with Crippen molar-refractivity contribution in [3.8, 4) is 11.3 Å². The first kappa shape index (κ1) is 26.5. The van der Waals surface area contributed by atoms with Gasteiger partial charge in [-0.1, -0.05) is 132 Å². The maximum Gasteiger partial charge on any atom is 0.156 e. The highest BCUT2D eigenvalue weighted by molar-refractivity contribution is 7.99. The highest BCUT2D eigenvalue weighted by Crippen LogP contribution is 2.63. The minimum absolute atomic E-state index is 0.417. The van der Waals surface area contributed by atoms with Gasteiger partial charge in [-0.3, -0.25) is 0 Å². The molecule has 0 saturated carbocycles. The lowest BCUT2D eigenvalue weighted by Gasteiger charge is -2.41. The lowest BCUT2D eigenvalue weighted by molar-refractivity contribution is 0.688. The molecule has 0 saturated heterocycles. The van der Waals surface area contributed by atoms with Crippen LogP contribution in [0.4, 0.5) is 0 Å². The van der Waals surface area contributed by atoms with Crippen LogP contribution in [0.2, 0.25) is 0 Å². The van der Waals surface area contributed by atoms with E-state index in [1.807, 2.05) is 23.9 Å². The van der Waals surface area contributed by atoms with Crippen LogP contribution in [0.25, 0.3) is 28.5 Å². The molecule has 2 aliphatic carbocycles. The number of fused-ring (bicyclic) bond motifs is 8. The smallest absolute Gasteiger partial charge is 0.156 e. The zero-order chi connectivity index (χ0) is 29.7. The van der Waals surface area contributed by atoms with Crippen molar-refractivity contribution < 1.29 is 0 Å². The topological polar surface area (TPSA) is 25.8 Å². The molecule has 2 heterocycles. The molecule has 208 valence electrons. The molecule has 3 aliphatic rings. The molecular weight excluding hydrogens is 553 g/mol. The summed E-state index contributed by atoms with van der Waals surface area (Å²) in [5.74, 6) is 0.725. The van der Waals surface area contributed by atoms with Gasteiger partial charge >= 0.3 is 0 Å². The zero-order valence-corrected chi connectivity index (χ0v) is 25.2. The van der Waals surface area contributed by atoms with E-state index in [1.54, 1.807) is 0 Å². The average molecular weight is 581 g/mol. The van der Waals surface area contributed by atoms with Crippen LogP contribution < -0.4 is 0 Å². The van der Waals surface area contributed by atoms with E-state index < -0.39 is 5.41 Å². The number of allylic oxidation sites excluding steroid dienone is 6. The molecule has 1 spiro atoms. The Morgan fingerprint density at radius 3 is 2.18 bits per heavy atom. The SMILES string of the molecule is C=C=C=Cc1nc(C2=CC=CC3=C(C2)C2(c4ccccc4Sc4ccccc42)c2ccccc23)nc(-c2ccccc2)c1C. The van der Waals surface area contributed by atoms with Crippen molar-refractivity contribution in [3.05, 3.63) is 184 Å². The summed E-state index contributed by atoms with van der Waals surface area (Å²) in [5, 5.41) is 0. The summed E-state index contributed by atoms with van der Waals surface area (Å²) in [6.45, 7) is 5.78. The van der Waals surface area contributed by atoms with Crippen LogP contribution in [0.15, 0.2) is 155 Å². The van der Waals surface area contributed by atoms with Gasteiger partial charge in [-0.2, -0.15) is 0 Å². The summed E-state index contributed by atoms with van der Waals surface area (Å²) < 4.78 is 0. The molecule has 0 N–H and O–H groups in total. The van der Waals surface area contributed by atoms with E-state index >= 15 is 0 Å². The molecule has 1 aliphatic heterocycles. The van der Waals surface area contributed by atoms with Crippen molar-refractivity contribution >= 4 is 29.0 Å². The fourth-order valence-corrected chi connectivity index (χ4v) is 8.27. The first-order chi connectivity index (χ1) is 21.7. The van der Waals surface area contributed by atoms with Gasteiger partial charge in [0.05, 0.1) is 16.8 Å². The van der Waals surface area contributed by atoms with Crippen molar-refractivity contribution in [2.75, 3.05) is 0 Å². The minimum Gasteiger partial charge on any atom is -0.228 e. The second-order valence-electron chi connectivity index (χ2n) is 11.2. The van der Waals surface area contributed by atoms with E-state index in [1.165, 1.54) is 43.2 Å². The van der Waals surface area contributed by atoms with Gasteiger partial charge in [0.25, 0.3) is 0 Å². The zero-order valence-electron chi connectivity index (χ0n) is 24.3. The number of aromatic nitrogens is 2. The van der Waals surface area contributed by atoms with Crippen molar-refractivity contribution in [1.82, 2.24) is 9.97 Å². The quantitative estimate of drug-likeness (QED) is 0.199. The van der Waals surface area contributed by atoms with Gasteiger partial charge in [-0.25, -0.2) is 9.97 Å². The van der Waals surface area contributed by atoms with Gasteiger partial charge in [0.2, 0.25) is 0 Å². The maximum atomic E-state index is 5.24. The molecule has 44 heavy (non-hydrogen) atoms. The molecule has 8 rings (SSSR count). The van der Waals surface area contributed by atoms with Crippen LogP contribution >= 0.6 is 11.8 Å². The highest BCUT2D eigenvalue weighted by Gasteiger charge is 2.51. The summed E-state index contributed by atoms with van der Waals surface area (Å²) in [4.78, 5) is 13.0. The molecule has 3 heteroatoms. The molecule has 4 aromatic carbocycles. The van der Waals surface area contributed by atoms with Crippen molar-refractivity contribution in [1.29, 1.82) is 0 Å². The molecular formula is C41H28N2S. The van der Waals surface area contributed by atoms with Crippen molar-refractivity contribution in [3.63, 3.8) is 0 Å². The number of nitrogens with zero attached hydrogens (tertiary/aromatic N) is 2.